The maximum absolute atomic E-state index is 11.3. The predicted octanol–water partition coefficient (Wildman–Crippen LogP) is 1.47. The first-order valence-corrected chi connectivity index (χ1v) is 4.69. The Hall–Kier alpha value is -1.05. The molecule has 3 nitrogen and oxygen atoms in total. The van der Waals surface area contributed by atoms with Gasteiger partial charge in [0.2, 0.25) is 0 Å². The first-order chi connectivity index (χ1) is 6.15. The summed E-state index contributed by atoms with van der Waals surface area (Å²) in [4.78, 5) is 15.8. The van der Waals surface area contributed by atoms with Crippen LogP contribution in [0.15, 0.2) is 0 Å². The van der Waals surface area contributed by atoms with Crippen molar-refractivity contribution in [3.8, 4) is 12.3 Å². The Kier molecular flexibility index (Phi) is 3.29. The summed E-state index contributed by atoms with van der Waals surface area (Å²) in [5.74, 6) is 2.09. The number of carbonyl (C=O) groups excluding carboxylic acids is 1. The van der Waals surface area contributed by atoms with Gasteiger partial charge in [-0.2, -0.15) is 0 Å². The van der Waals surface area contributed by atoms with Gasteiger partial charge in [0.15, 0.2) is 4.47 Å². The Labute approximate surface area is 85.1 Å². The third-order valence-electron chi connectivity index (χ3n) is 1.33. The molecule has 1 N–H and O–H groups in total. The second kappa shape index (κ2) is 4.26. The minimum absolute atomic E-state index is 0.216. The van der Waals surface area contributed by atoms with Crippen LogP contribution in [0.3, 0.4) is 0 Å². The van der Waals surface area contributed by atoms with Crippen molar-refractivity contribution in [2.75, 3.05) is 6.54 Å². The van der Waals surface area contributed by atoms with Crippen LogP contribution in [0.1, 0.15) is 15.4 Å². The van der Waals surface area contributed by atoms with Gasteiger partial charge in [-0.05, 0) is 6.92 Å². The highest BCUT2D eigenvalue weighted by Gasteiger charge is 2.13. The number of hydrogen-bond acceptors (Lipinski definition) is 3. The van der Waals surface area contributed by atoms with E-state index in [0.29, 0.717) is 15.0 Å². The van der Waals surface area contributed by atoms with E-state index >= 15 is 0 Å². The third-order valence-corrected chi connectivity index (χ3v) is 2.59. The van der Waals surface area contributed by atoms with E-state index < -0.39 is 0 Å². The molecular weight excluding hydrogens is 208 g/mol. The summed E-state index contributed by atoms with van der Waals surface area (Å²) in [6.07, 6.45) is 5.00. The lowest BCUT2D eigenvalue weighted by Gasteiger charge is -1.97. The quantitative estimate of drug-likeness (QED) is 0.758. The molecule has 0 spiro atoms. The smallest absolute Gasteiger partial charge is 0.264 e. The molecule has 0 saturated carbocycles. The van der Waals surface area contributed by atoms with E-state index in [4.69, 9.17) is 18.0 Å². The number of terminal acetylenes is 1. The largest absolute Gasteiger partial charge is 0.340 e. The van der Waals surface area contributed by atoms with Crippen LogP contribution in [0.5, 0.6) is 0 Å². The highest BCUT2D eigenvalue weighted by Crippen LogP contribution is 2.21. The van der Waals surface area contributed by atoms with Gasteiger partial charge in [0.05, 0.1) is 12.2 Å². The maximum atomic E-state index is 11.3. The van der Waals surface area contributed by atoms with Crippen molar-refractivity contribution in [3.05, 3.63) is 15.0 Å². The van der Waals surface area contributed by atoms with Gasteiger partial charge in [-0.15, -0.1) is 6.42 Å². The van der Waals surface area contributed by atoms with Gasteiger partial charge in [0.25, 0.3) is 5.91 Å². The lowest BCUT2D eigenvalue weighted by Crippen LogP contribution is -2.23. The molecule has 0 unspecified atom stereocenters. The maximum Gasteiger partial charge on any atom is 0.264 e. The van der Waals surface area contributed by atoms with Gasteiger partial charge in [0.1, 0.15) is 4.88 Å². The van der Waals surface area contributed by atoms with Crippen molar-refractivity contribution < 1.29 is 4.79 Å². The molecule has 13 heavy (non-hydrogen) atoms. The lowest BCUT2D eigenvalue weighted by atomic mass is 10.4. The molecular formula is C8H7ClN2OS. The highest BCUT2D eigenvalue weighted by atomic mass is 35.5. The van der Waals surface area contributed by atoms with Gasteiger partial charge in [-0.25, -0.2) is 4.98 Å². The number of hydrogen-bond donors (Lipinski definition) is 1. The Balaban J connectivity index is 2.78. The number of aromatic nitrogens is 1. The number of rotatable bonds is 2. The molecule has 0 fully saturated rings. The fourth-order valence-electron chi connectivity index (χ4n) is 0.786. The molecule has 0 radical (unpaired) electrons. The van der Waals surface area contributed by atoms with Crippen molar-refractivity contribution in [1.29, 1.82) is 0 Å². The van der Waals surface area contributed by atoms with Crippen molar-refractivity contribution >= 4 is 28.8 Å². The van der Waals surface area contributed by atoms with Crippen molar-refractivity contribution in [2.24, 2.45) is 0 Å². The minimum atomic E-state index is -0.222. The Bertz CT molecular complexity index is 367. The van der Waals surface area contributed by atoms with Crippen LogP contribution < -0.4 is 5.32 Å². The molecule has 1 aromatic heterocycles. The first kappa shape index (κ1) is 10.0. The van der Waals surface area contributed by atoms with E-state index in [2.05, 4.69) is 16.2 Å². The summed E-state index contributed by atoms with van der Waals surface area (Å²) in [5.41, 5.74) is 0.629. The molecule has 0 aromatic carbocycles. The Morgan fingerprint density at radius 2 is 2.54 bits per heavy atom. The standard InChI is InChI=1S/C8H7ClN2OS/c1-3-4-10-7(12)6-5(2)11-8(9)13-6/h1H,4H2,2H3,(H,10,12). The molecule has 1 rings (SSSR count). The average molecular weight is 215 g/mol. The number of halogens is 1. The van der Waals surface area contributed by atoms with E-state index in [-0.39, 0.29) is 12.5 Å². The van der Waals surface area contributed by atoms with Crippen LogP contribution in [-0.2, 0) is 0 Å². The predicted molar refractivity (Wildman–Crippen MR) is 53.0 cm³/mol. The number of thiazole rings is 1. The monoisotopic (exact) mass is 214 g/mol. The van der Waals surface area contributed by atoms with Gasteiger partial charge in [0, 0.05) is 0 Å². The molecule has 1 heterocycles. The fraction of sp³-hybridized carbons (Fsp3) is 0.250. The molecule has 1 amide bonds. The minimum Gasteiger partial charge on any atom is -0.340 e. The van der Waals surface area contributed by atoms with Crippen molar-refractivity contribution in [3.63, 3.8) is 0 Å². The van der Waals surface area contributed by atoms with E-state index in [1.54, 1.807) is 6.92 Å². The zero-order chi connectivity index (χ0) is 9.84. The summed E-state index contributed by atoms with van der Waals surface area (Å²) in [7, 11) is 0. The van der Waals surface area contributed by atoms with Gasteiger partial charge >= 0.3 is 0 Å². The first-order valence-electron chi connectivity index (χ1n) is 3.49. The highest BCUT2D eigenvalue weighted by molar-refractivity contribution is 7.17. The van der Waals surface area contributed by atoms with Crippen molar-refractivity contribution in [2.45, 2.75) is 6.92 Å². The summed E-state index contributed by atoms with van der Waals surface area (Å²) in [6.45, 7) is 1.95. The van der Waals surface area contributed by atoms with Gasteiger partial charge in [-0.1, -0.05) is 28.9 Å². The van der Waals surface area contributed by atoms with E-state index in [1.165, 1.54) is 0 Å². The second-order valence-electron chi connectivity index (χ2n) is 2.27. The van der Waals surface area contributed by atoms with E-state index in [1.807, 2.05) is 0 Å². The molecule has 0 saturated heterocycles. The van der Waals surface area contributed by atoms with Crippen LogP contribution in [-0.4, -0.2) is 17.4 Å². The Morgan fingerprint density at radius 3 is 3.00 bits per heavy atom. The molecule has 0 aliphatic heterocycles. The van der Waals surface area contributed by atoms with Crippen LogP contribution in [0.4, 0.5) is 0 Å². The van der Waals surface area contributed by atoms with Crippen molar-refractivity contribution in [1.82, 2.24) is 10.3 Å². The number of carbonyl (C=O) groups is 1. The topological polar surface area (TPSA) is 42.0 Å². The van der Waals surface area contributed by atoms with Crippen LogP contribution >= 0.6 is 22.9 Å². The lowest BCUT2D eigenvalue weighted by molar-refractivity contribution is 0.0962. The number of aryl methyl sites for hydroxylation is 1. The average Bonchev–Trinajstić information content (AvgIpc) is 2.41. The molecule has 0 bridgehead atoms. The normalized spacial score (nSPS) is 9.31. The fourth-order valence-corrected chi connectivity index (χ4v) is 1.85. The van der Waals surface area contributed by atoms with Crippen LogP contribution in [0.2, 0.25) is 4.47 Å². The summed E-state index contributed by atoms with van der Waals surface area (Å²) in [5, 5.41) is 2.54. The summed E-state index contributed by atoms with van der Waals surface area (Å²) < 4.78 is 0.364. The van der Waals surface area contributed by atoms with E-state index in [9.17, 15) is 4.79 Å². The summed E-state index contributed by atoms with van der Waals surface area (Å²) >= 11 is 6.78. The number of nitrogens with one attached hydrogen (secondary N) is 1. The SMILES string of the molecule is C#CCNC(=O)c1sc(Cl)nc1C. The zero-order valence-electron chi connectivity index (χ0n) is 6.93. The zero-order valence-corrected chi connectivity index (χ0v) is 8.50. The molecule has 0 aliphatic carbocycles. The third kappa shape index (κ3) is 2.44. The number of nitrogens with zero attached hydrogens (tertiary/aromatic N) is 1. The summed E-state index contributed by atoms with van der Waals surface area (Å²) in [6, 6.07) is 0. The Morgan fingerprint density at radius 1 is 1.85 bits per heavy atom. The van der Waals surface area contributed by atoms with Crippen LogP contribution in [0, 0.1) is 19.3 Å². The van der Waals surface area contributed by atoms with Crippen LogP contribution in [0.25, 0.3) is 0 Å². The molecule has 0 atom stereocenters. The van der Waals surface area contributed by atoms with E-state index in [0.717, 1.165) is 11.3 Å². The number of amides is 1. The molecule has 1 aromatic rings. The molecule has 5 heteroatoms. The molecule has 68 valence electrons. The molecule has 0 aliphatic rings. The van der Waals surface area contributed by atoms with Gasteiger partial charge in [-0.3, -0.25) is 4.79 Å². The second-order valence-corrected chi connectivity index (χ2v) is 3.85. The van der Waals surface area contributed by atoms with Gasteiger partial charge < -0.3 is 5.32 Å².